The van der Waals surface area contributed by atoms with Gasteiger partial charge < -0.3 is 12.9 Å². The third-order valence-corrected chi connectivity index (χ3v) is 1.07. The van der Waals surface area contributed by atoms with Gasteiger partial charge in [0.15, 0.2) is 0 Å². The Bertz CT molecular complexity index is 264. The van der Waals surface area contributed by atoms with Gasteiger partial charge in [-0.25, -0.2) is 0 Å². The van der Waals surface area contributed by atoms with Gasteiger partial charge in [-0.2, -0.15) is 4.39 Å². The first kappa shape index (κ1) is 12.6. The molecule has 0 spiro atoms. The van der Waals surface area contributed by atoms with E-state index in [0.29, 0.717) is 0 Å². The molecule has 1 rings (SSSR count). The van der Waals surface area contributed by atoms with Gasteiger partial charge in [-0.05, 0) is 11.7 Å². The zero-order valence-electron chi connectivity index (χ0n) is 6.27. The number of nitrogens with zero attached hydrogens (tertiary/aromatic N) is 1. The quantitative estimate of drug-likeness (QED) is 0.300. The van der Waals surface area contributed by atoms with E-state index < -0.39 is 18.5 Å². The summed E-state index contributed by atoms with van der Waals surface area (Å²) in [6, 6.07) is 2.58. The van der Waals surface area contributed by atoms with Crippen LogP contribution in [-0.4, -0.2) is 12.0 Å². The van der Waals surface area contributed by atoms with Gasteiger partial charge >= 0.3 is 58.4 Å². The van der Waals surface area contributed by atoms with Crippen LogP contribution in [0.25, 0.3) is 0 Å². The summed E-state index contributed by atoms with van der Waals surface area (Å²) in [7, 11) is 0. The van der Waals surface area contributed by atoms with E-state index in [1.165, 1.54) is 0 Å². The van der Waals surface area contributed by atoms with Gasteiger partial charge in [-0.1, -0.05) is 12.1 Å². The summed E-state index contributed by atoms with van der Waals surface area (Å²) in [4.78, 5) is 2.68. The molecule has 12 heavy (non-hydrogen) atoms. The molecule has 1 aromatic rings. The molecule has 0 atom stereocenters. The molecule has 0 bridgehead atoms. The first-order valence-corrected chi connectivity index (χ1v) is 2.82. The van der Waals surface area contributed by atoms with Crippen LogP contribution in [0.3, 0.4) is 0 Å². The Labute approximate surface area is 109 Å². The third kappa shape index (κ3) is 3.53. The van der Waals surface area contributed by atoms with Gasteiger partial charge in [0.05, 0.1) is 0 Å². The molecule has 60 valence electrons. The molecule has 0 fully saturated rings. The SMILES string of the molecule is Fc1cccc([B-](F)(F)F)n1.[K+]. The molecule has 1 nitrogen and oxygen atoms in total. The fourth-order valence-corrected chi connectivity index (χ4v) is 0.606. The molecular formula is C5H3BF4KN. The van der Waals surface area contributed by atoms with Crippen molar-refractivity contribution in [1.82, 2.24) is 4.98 Å². The van der Waals surface area contributed by atoms with E-state index in [0.717, 1.165) is 18.2 Å². The van der Waals surface area contributed by atoms with Crippen molar-refractivity contribution in [3.8, 4) is 0 Å². The van der Waals surface area contributed by atoms with Gasteiger partial charge in [-0.15, -0.1) is 0 Å². The van der Waals surface area contributed by atoms with Crippen LogP contribution in [0.5, 0.6) is 0 Å². The average molecular weight is 203 g/mol. The zero-order chi connectivity index (χ0) is 8.48. The molecule has 0 aliphatic rings. The van der Waals surface area contributed by atoms with Crippen molar-refractivity contribution in [2.24, 2.45) is 0 Å². The summed E-state index contributed by atoms with van der Waals surface area (Å²) < 4.78 is 47.5. The summed E-state index contributed by atoms with van der Waals surface area (Å²) in [5.74, 6) is -1.11. The second-order valence-electron chi connectivity index (χ2n) is 1.96. The Kier molecular flexibility index (Phi) is 4.93. The molecule has 7 heteroatoms. The topological polar surface area (TPSA) is 12.9 Å². The molecule has 1 aromatic heterocycles. The van der Waals surface area contributed by atoms with Gasteiger partial charge in [0, 0.05) is 0 Å². The molecule has 0 aromatic carbocycles. The van der Waals surface area contributed by atoms with Crippen molar-refractivity contribution < 1.29 is 68.7 Å². The molecule has 0 saturated carbocycles. The summed E-state index contributed by atoms with van der Waals surface area (Å²) >= 11 is 0. The molecule has 0 aliphatic carbocycles. The number of pyridine rings is 1. The predicted octanol–water partition coefficient (Wildman–Crippen LogP) is -1.72. The van der Waals surface area contributed by atoms with Gasteiger partial charge in [-0.3, -0.25) is 4.98 Å². The molecule has 0 aliphatic heterocycles. The molecule has 0 unspecified atom stereocenters. The Hall–Kier alpha value is 0.571. The van der Waals surface area contributed by atoms with E-state index in [2.05, 4.69) is 4.98 Å². The number of rotatable bonds is 1. The first-order valence-electron chi connectivity index (χ1n) is 2.82. The average Bonchev–Trinajstić information content (AvgIpc) is 1.86. The maximum atomic E-state index is 12.1. The smallest absolute Gasteiger partial charge is 0.444 e. The minimum absolute atomic E-state index is 0. The van der Waals surface area contributed by atoms with Crippen LogP contribution >= 0.6 is 0 Å². The van der Waals surface area contributed by atoms with E-state index in [4.69, 9.17) is 0 Å². The first-order chi connectivity index (χ1) is 5.00. The standard InChI is InChI=1S/C5H3BF4N.K/c7-5-3-1-2-4(11-5)6(8,9)10;/h1-3H;/q-1;+1. The second kappa shape index (κ2) is 4.71. The number of hydrogen-bond acceptors (Lipinski definition) is 1. The summed E-state index contributed by atoms with van der Waals surface area (Å²) in [5, 5.41) is 0. The number of hydrogen-bond donors (Lipinski definition) is 0. The largest absolute Gasteiger partial charge is 1.00 e. The molecular weight excluding hydrogens is 200 g/mol. The summed E-state index contributed by atoms with van der Waals surface area (Å²) in [6.07, 6.45) is 0. The summed E-state index contributed by atoms with van der Waals surface area (Å²) in [6.45, 7) is -5.17. The minimum atomic E-state index is -5.17. The van der Waals surface area contributed by atoms with Crippen LogP contribution in [0.15, 0.2) is 18.2 Å². The Morgan fingerprint density at radius 3 is 2.08 bits per heavy atom. The van der Waals surface area contributed by atoms with Crippen molar-refractivity contribution >= 4 is 12.6 Å². The van der Waals surface area contributed by atoms with Crippen molar-refractivity contribution in [3.05, 3.63) is 24.1 Å². The molecule has 0 radical (unpaired) electrons. The maximum absolute atomic E-state index is 12.1. The van der Waals surface area contributed by atoms with Crippen LogP contribution in [-0.2, 0) is 0 Å². The Morgan fingerprint density at radius 2 is 1.75 bits per heavy atom. The third-order valence-electron chi connectivity index (χ3n) is 1.07. The van der Waals surface area contributed by atoms with E-state index in [1.807, 2.05) is 0 Å². The minimum Gasteiger partial charge on any atom is -0.444 e. The molecule has 0 amide bonds. The van der Waals surface area contributed by atoms with Crippen molar-refractivity contribution in [1.29, 1.82) is 0 Å². The Morgan fingerprint density at radius 1 is 1.17 bits per heavy atom. The van der Waals surface area contributed by atoms with Gasteiger partial charge in [0.1, 0.15) is 0 Å². The van der Waals surface area contributed by atoms with Crippen LogP contribution in [0.4, 0.5) is 17.3 Å². The van der Waals surface area contributed by atoms with E-state index >= 15 is 0 Å². The molecule has 1 heterocycles. The van der Waals surface area contributed by atoms with Crippen LogP contribution in [0.1, 0.15) is 0 Å². The van der Waals surface area contributed by atoms with Crippen LogP contribution in [0.2, 0.25) is 0 Å². The van der Waals surface area contributed by atoms with E-state index in [-0.39, 0.29) is 51.4 Å². The maximum Gasteiger partial charge on any atom is 1.00 e. The van der Waals surface area contributed by atoms with Crippen molar-refractivity contribution in [2.75, 3.05) is 0 Å². The van der Waals surface area contributed by atoms with Gasteiger partial charge in [0.2, 0.25) is 5.95 Å². The molecule has 0 saturated heterocycles. The van der Waals surface area contributed by atoms with Crippen LogP contribution < -0.4 is 57.0 Å². The van der Waals surface area contributed by atoms with Crippen molar-refractivity contribution in [3.63, 3.8) is 0 Å². The van der Waals surface area contributed by atoms with E-state index in [1.54, 1.807) is 0 Å². The Balaban J connectivity index is 0.00000121. The fraction of sp³-hybridized carbons (Fsp3) is 0. The molecule has 0 N–H and O–H groups in total. The second-order valence-corrected chi connectivity index (χ2v) is 1.96. The predicted molar refractivity (Wildman–Crippen MR) is 32.9 cm³/mol. The monoisotopic (exact) mass is 203 g/mol. The number of halogens is 4. The van der Waals surface area contributed by atoms with Crippen LogP contribution in [0, 0.1) is 5.95 Å². The van der Waals surface area contributed by atoms with E-state index in [9.17, 15) is 17.3 Å². The normalized spacial score (nSPS) is 10.7. The number of aromatic nitrogens is 1. The zero-order valence-corrected chi connectivity index (χ0v) is 9.39. The fourth-order valence-electron chi connectivity index (χ4n) is 0.606. The van der Waals surface area contributed by atoms with Gasteiger partial charge in [0.25, 0.3) is 0 Å². The summed E-state index contributed by atoms with van der Waals surface area (Å²) in [5.41, 5.74) is -1.15. The van der Waals surface area contributed by atoms with Crippen molar-refractivity contribution in [2.45, 2.75) is 0 Å².